The molecule has 6 nitrogen and oxygen atoms in total. The summed E-state index contributed by atoms with van der Waals surface area (Å²) in [5.41, 5.74) is 0. The van der Waals surface area contributed by atoms with E-state index in [1.807, 2.05) is 0 Å². The van der Waals surface area contributed by atoms with Crippen molar-refractivity contribution in [3.8, 4) is 0 Å². The summed E-state index contributed by atoms with van der Waals surface area (Å²) in [6.07, 6.45) is 25.6. The Kier molecular flexibility index (Phi) is 30.3. The number of carbonyl (C=O) groups excluding carboxylic acids is 3. The van der Waals surface area contributed by atoms with Gasteiger partial charge in [0.1, 0.15) is 13.2 Å². The first kappa shape index (κ1) is 42.4. The zero-order chi connectivity index (χ0) is 32.7. The topological polar surface area (TPSA) is 78.9 Å². The Bertz CT molecular complexity index is 676. The van der Waals surface area contributed by atoms with Gasteiger partial charge >= 0.3 is 17.9 Å². The van der Waals surface area contributed by atoms with Crippen LogP contribution in [-0.2, 0) is 28.6 Å². The van der Waals surface area contributed by atoms with Crippen LogP contribution in [0.15, 0.2) is 0 Å². The molecule has 0 radical (unpaired) electrons. The van der Waals surface area contributed by atoms with Crippen LogP contribution in [0.5, 0.6) is 0 Å². The van der Waals surface area contributed by atoms with E-state index in [-0.39, 0.29) is 31.1 Å². The molecule has 6 heteroatoms. The van der Waals surface area contributed by atoms with Crippen LogP contribution in [0.2, 0.25) is 0 Å². The van der Waals surface area contributed by atoms with Crippen LogP contribution >= 0.6 is 0 Å². The minimum atomic E-state index is -0.757. The maximum Gasteiger partial charge on any atom is 0.306 e. The van der Waals surface area contributed by atoms with Crippen molar-refractivity contribution in [2.45, 2.75) is 201 Å². The zero-order valence-corrected chi connectivity index (χ0v) is 29.8. The fraction of sp³-hybridized carbons (Fsp3) is 0.921. The van der Waals surface area contributed by atoms with Crippen molar-refractivity contribution >= 4 is 17.9 Å². The van der Waals surface area contributed by atoms with Gasteiger partial charge in [0.2, 0.25) is 0 Å². The Hall–Kier alpha value is -1.59. The summed E-state index contributed by atoms with van der Waals surface area (Å²) in [5, 5.41) is 0. The van der Waals surface area contributed by atoms with Gasteiger partial charge in [0.25, 0.3) is 0 Å². The van der Waals surface area contributed by atoms with Crippen molar-refractivity contribution in [3.05, 3.63) is 0 Å². The third kappa shape index (κ3) is 30.4. The lowest BCUT2D eigenvalue weighted by Crippen LogP contribution is -2.30. The molecule has 0 spiro atoms. The fourth-order valence-electron chi connectivity index (χ4n) is 5.31. The molecule has 0 aliphatic heterocycles. The number of hydrogen-bond acceptors (Lipinski definition) is 6. The highest BCUT2D eigenvalue weighted by Gasteiger charge is 2.19. The van der Waals surface area contributed by atoms with Gasteiger partial charge in [0.05, 0.1) is 0 Å². The number of ether oxygens (including phenoxy) is 3. The maximum atomic E-state index is 12.4. The first-order valence-electron chi connectivity index (χ1n) is 18.8. The van der Waals surface area contributed by atoms with E-state index in [4.69, 9.17) is 14.2 Å². The number of carbonyl (C=O) groups is 3. The molecule has 0 N–H and O–H groups in total. The van der Waals surface area contributed by atoms with Crippen LogP contribution in [0.25, 0.3) is 0 Å². The Morgan fingerprint density at radius 1 is 0.477 bits per heavy atom. The summed E-state index contributed by atoms with van der Waals surface area (Å²) in [4.78, 5) is 37.1. The molecule has 1 unspecified atom stereocenters. The minimum Gasteiger partial charge on any atom is -0.462 e. The molecule has 0 aromatic carbocycles. The molecule has 44 heavy (non-hydrogen) atoms. The van der Waals surface area contributed by atoms with Gasteiger partial charge in [0, 0.05) is 19.3 Å². The second kappa shape index (κ2) is 31.4. The SMILES string of the molecule is CCCCCCCC(=O)O[C@@H](COC(=O)CCCCCCCCCCC(C)CC)COC(=O)CCCCCCCCC(C)C. The summed E-state index contributed by atoms with van der Waals surface area (Å²) >= 11 is 0. The Labute approximate surface area is 272 Å². The molecule has 0 saturated heterocycles. The standard InChI is InChI=1S/C38H72O6/c1-6-8-9-16-25-30-38(41)44-35(32-43-37(40)29-24-20-15-14-17-21-26-33(3)4)31-42-36(39)28-23-19-13-11-10-12-18-22-27-34(5)7-2/h33-35H,6-32H2,1-5H3/t34?,35-/m0/s1. The smallest absolute Gasteiger partial charge is 0.306 e. The Balaban J connectivity index is 4.26. The molecule has 0 fully saturated rings. The lowest BCUT2D eigenvalue weighted by atomic mass is 9.99. The average molecular weight is 625 g/mol. The van der Waals surface area contributed by atoms with Crippen LogP contribution in [0.3, 0.4) is 0 Å². The molecule has 2 atom stereocenters. The summed E-state index contributed by atoms with van der Waals surface area (Å²) in [7, 11) is 0. The highest BCUT2D eigenvalue weighted by molar-refractivity contribution is 5.71. The van der Waals surface area contributed by atoms with Gasteiger partial charge < -0.3 is 14.2 Å². The van der Waals surface area contributed by atoms with Crippen LogP contribution in [-0.4, -0.2) is 37.2 Å². The van der Waals surface area contributed by atoms with Crippen molar-refractivity contribution in [2.75, 3.05) is 13.2 Å². The molecule has 0 aromatic heterocycles. The maximum absolute atomic E-state index is 12.4. The molecular weight excluding hydrogens is 552 g/mol. The lowest BCUT2D eigenvalue weighted by molar-refractivity contribution is -0.167. The van der Waals surface area contributed by atoms with Crippen LogP contribution in [0.1, 0.15) is 195 Å². The summed E-state index contributed by atoms with van der Waals surface area (Å²) < 4.78 is 16.5. The van der Waals surface area contributed by atoms with Crippen molar-refractivity contribution in [2.24, 2.45) is 11.8 Å². The lowest BCUT2D eigenvalue weighted by Gasteiger charge is -2.18. The molecule has 0 heterocycles. The van der Waals surface area contributed by atoms with E-state index in [0.717, 1.165) is 76.0 Å². The second-order valence-electron chi connectivity index (χ2n) is 13.6. The van der Waals surface area contributed by atoms with Gasteiger partial charge in [-0.25, -0.2) is 0 Å². The van der Waals surface area contributed by atoms with E-state index in [1.165, 1.54) is 77.0 Å². The van der Waals surface area contributed by atoms with Gasteiger partial charge in [-0.15, -0.1) is 0 Å². The number of hydrogen-bond donors (Lipinski definition) is 0. The number of unbranched alkanes of at least 4 members (excludes halogenated alkanes) is 16. The summed E-state index contributed by atoms with van der Waals surface area (Å²) in [5.74, 6) is 0.723. The van der Waals surface area contributed by atoms with E-state index >= 15 is 0 Å². The van der Waals surface area contributed by atoms with E-state index in [2.05, 4.69) is 34.6 Å². The fourth-order valence-corrected chi connectivity index (χ4v) is 5.31. The molecule has 0 aliphatic carbocycles. The summed E-state index contributed by atoms with van der Waals surface area (Å²) in [6.45, 7) is 11.1. The van der Waals surface area contributed by atoms with Gasteiger partial charge in [-0.05, 0) is 31.1 Å². The molecule has 0 saturated carbocycles. The van der Waals surface area contributed by atoms with Gasteiger partial charge in [-0.1, -0.05) is 157 Å². The van der Waals surface area contributed by atoms with E-state index in [1.54, 1.807) is 0 Å². The highest BCUT2D eigenvalue weighted by atomic mass is 16.6. The van der Waals surface area contributed by atoms with E-state index in [9.17, 15) is 14.4 Å². The Morgan fingerprint density at radius 2 is 0.864 bits per heavy atom. The van der Waals surface area contributed by atoms with Gasteiger partial charge in [0.15, 0.2) is 6.10 Å². The first-order chi connectivity index (χ1) is 21.3. The van der Waals surface area contributed by atoms with E-state index in [0.29, 0.717) is 19.3 Å². The largest absolute Gasteiger partial charge is 0.462 e. The Morgan fingerprint density at radius 3 is 1.30 bits per heavy atom. The van der Waals surface area contributed by atoms with Crippen LogP contribution in [0, 0.1) is 11.8 Å². The average Bonchev–Trinajstić information content (AvgIpc) is 3.00. The van der Waals surface area contributed by atoms with Crippen LogP contribution in [0.4, 0.5) is 0 Å². The van der Waals surface area contributed by atoms with Gasteiger partial charge in [-0.2, -0.15) is 0 Å². The molecular formula is C38H72O6. The van der Waals surface area contributed by atoms with Crippen LogP contribution < -0.4 is 0 Å². The molecule has 0 aromatic rings. The predicted octanol–water partition coefficient (Wildman–Crippen LogP) is 11.1. The zero-order valence-electron chi connectivity index (χ0n) is 29.8. The number of esters is 3. The van der Waals surface area contributed by atoms with Crippen molar-refractivity contribution < 1.29 is 28.6 Å². The molecule has 0 aliphatic rings. The monoisotopic (exact) mass is 625 g/mol. The van der Waals surface area contributed by atoms with Crippen molar-refractivity contribution in [1.82, 2.24) is 0 Å². The third-order valence-electron chi connectivity index (χ3n) is 8.58. The van der Waals surface area contributed by atoms with Crippen molar-refractivity contribution in [1.29, 1.82) is 0 Å². The molecule has 0 amide bonds. The predicted molar refractivity (Wildman–Crippen MR) is 183 cm³/mol. The molecule has 0 rings (SSSR count). The minimum absolute atomic E-state index is 0.0687. The molecule has 260 valence electrons. The third-order valence-corrected chi connectivity index (χ3v) is 8.58. The highest BCUT2D eigenvalue weighted by Crippen LogP contribution is 2.16. The first-order valence-corrected chi connectivity index (χ1v) is 18.8. The summed E-state index contributed by atoms with van der Waals surface area (Å²) in [6, 6.07) is 0. The quantitative estimate of drug-likeness (QED) is 0.0421. The van der Waals surface area contributed by atoms with E-state index < -0.39 is 6.10 Å². The van der Waals surface area contributed by atoms with Gasteiger partial charge in [-0.3, -0.25) is 14.4 Å². The second-order valence-corrected chi connectivity index (χ2v) is 13.6. The normalized spacial score (nSPS) is 12.7. The molecule has 0 bridgehead atoms. The number of rotatable bonds is 32. The van der Waals surface area contributed by atoms with Crippen molar-refractivity contribution in [3.63, 3.8) is 0 Å².